The van der Waals surface area contributed by atoms with Crippen molar-refractivity contribution in [2.75, 3.05) is 19.8 Å². The lowest BCUT2D eigenvalue weighted by atomic mass is 10.0. The van der Waals surface area contributed by atoms with Crippen molar-refractivity contribution in [2.45, 2.75) is 19.4 Å². The third kappa shape index (κ3) is 5.59. The van der Waals surface area contributed by atoms with E-state index in [2.05, 4.69) is 10.6 Å². The van der Waals surface area contributed by atoms with Gasteiger partial charge in [0.2, 0.25) is 0 Å². The Hall–Kier alpha value is -2.53. The molecule has 0 unspecified atom stereocenters. The molecule has 5 heteroatoms. The van der Waals surface area contributed by atoms with Crippen LogP contribution in [0.4, 0.5) is 4.79 Å². The van der Waals surface area contributed by atoms with Crippen molar-refractivity contribution in [3.8, 4) is 5.75 Å². The minimum atomic E-state index is -0.273. The summed E-state index contributed by atoms with van der Waals surface area (Å²) in [7, 11) is 0. The standard InChI is InChI=1S/C19H24N2O3/c1-15-7-5-6-10-18(15)24-14-12-20-19(23)21-17(11-13-22)16-8-3-2-4-9-16/h2-10,17,22H,11-14H2,1H3,(H2,20,21,23)/t17-/m1/s1. The van der Waals surface area contributed by atoms with E-state index in [1.54, 1.807) is 0 Å². The Morgan fingerprint density at radius 2 is 1.83 bits per heavy atom. The van der Waals surface area contributed by atoms with Gasteiger partial charge in [0.1, 0.15) is 12.4 Å². The number of carbonyl (C=O) groups is 1. The van der Waals surface area contributed by atoms with Gasteiger partial charge in [-0.05, 0) is 30.5 Å². The maximum Gasteiger partial charge on any atom is 0.315 e. The smallest absolute Gasteiger partial charge is 0.315 e. The van der Waals surface area contributed by atoms with Crippen LogP contribution in [0, 0.1) is 6.92 Å². The van der Waals surface area contributed by atoms with Crippen LogP contribution >= 0.6 is 0 Å². The van der Waals surface area contributed by atoms with E-state index in [0.717, 1.165) is 16.9 Å². The van der Waals surface area contributed by atoms with E-state index in [1.165, 1.54) is 0 Å². The number of rotatable bonds is 8. The summed E-state index contributed by atoms with van der Waals surface area (Å²) in [5, 5.41) is 14.8. The molecular weight excluding hydrogens is 304 g/mol. The first-order valence-electron chi connectivity index (χ1n) is 8.09. The van der Waals surface area contributed by atoms with Crippen molar-refractivity contribution in [1.82, 2.24) is 10.6 Å². The lowest BCUT2D eigenvalue weighted by Crippen LogP contribution is -2.40. The minimum Gasteiger partial charge on any atom is -0.491 e. The van der Waals surface area contributed by atoms with Crippen LogP contribution < -0.4 is 15.4 Å². The molecule has 0 aliphatic carbocycles. The van der Waals surface area contributed by atoms with Gasteiger partial charge in [0.25, 0.3) is 0 Å². The Labute approximate surface area is 142 Å². The summed E-state index contributed by atoms with van der Waals surface area (Å²) in [6.07, 6.45) is 0.469. The Morgan fingerprint density at radius 3 is 2.54 bits per heavy atom. The number of carbonyl (C=O) groups excluding carboxylic acids is 1. The number of aryl methyl sites for hydroxylation is 1. The summed E-state index contributed by atoms with van der Waals surface area (Å²) in [5.74, 6) is 0.821. The summed E-state index contributed by atoms with van der Waals surface area (Å²) in [6, 6.07) is 16.9. The van der Waals surface area contributed by atoms with Crippen molar-refractivity contribution in [3.05, 3.63) is 65.7 Å². The highest BCUT2D eigenvalue weighted by molar-refractivity contribution is 5.74. The van der Waals surface area contributed by atoms with Crippen LogP contribution in [0.25, 0.3) is 0 Å². The molecule has 2 aromatic carbocycles. The minimum absolute atomic E-state index is 0.0102. The fourth-order valence-electron chi connectivity index (χ4n) is 2.39. The second-order valence-corrected chi connectivity index (χ2v) is 5.49. The second-order valence-electron chi connectivity index (χ2n) is 5.49. The Kier molecular flexibility index (Phi) is 7.11. The van der Waals surface area contributed by atoms with Gasteiger partial charge in [0.15, 0.2) is 0 Å². The van der Waals surface area contributed by atoms with Crippen molar-refractivity contribution < 1.29 is 14.6 Å². The number of nitrogens with one attached hydrogen (secondary N) is 2. The summed E-state index contributed by atoms with van der Waals surface area (Å²) in [6.45, 7) is 2.79. The van der Waals surface area contributed by atoms with E-state index in [4.69, 9.17) is 4.74 Å². The number of ether oxygens (including phenoxy) is 1. The molecular formula is C19H24N2O3. The van der Waals surface area contributed by atoms with Gasteiger partial charge in [0, 0.05) is 6.61 Å². The van der Waals surface area contributed by atoms with Gasteiger partial charge in [-0.15, -0.1) is 0 Å². The SMILES string of the molecule is Cc1ccccc1OCCNC(=O)N[C@H](CCO)c1ccccc1. The van der Waals surface area contributed by atoms with Crippen LogP contribution in [-0.4, -0.2) is 30.9 Å². The molecule has 0 bridgehead atoms. The van der Waals surface area contributed by atoms with Gasteiger partial charge < -0.3 is 20.5 Å². The molecule has 128 valence electrons. The van der Waals surface area contributed by atoms with Crippen LogP contribution in [-0.2, 0) is 0 Å². The number of benzene rings is 2. The van der Waals surface area contributed by atoms with E-state index in [0.29, 0.717) is 19.6 Å². The van der Waals surface area contributed by atoms with E-state index >= 15 is 0 Å². The average Bonchev–Trinajstić information content (AvgIpc) is 2.60. The summed E-state index contributed by atoms with van der Waals surface area (Å²) in [4.78, 5) is 12.0. The first kappa shape index (κ1) is 17.8. The molecule has 0 radical (unpaired) electrons. The third-order valence-electron chi connectivity index (χ3n) is 3.66. The highest BCUT2D eigenvalue weighted by atomic mass is 16.5. The van der Waals surface area contributed by atoms with Crippen molar-refractivity contribution in [2.24, 2.45) is 0 Å². The molecule has 3 N–H and O–H groups in total. The number of amides is 2. The van der Waals surface area contributed by atoms with Crippen LogP contribution in [0.2, 0.25) is 0 Å². The van der Waals surface area contributed by atoms with Gasteiger partial charge in [-0.1, -0.05) is 48.5 Å². The fraction of sp³-hybridized carbons (Fsp3) is 0.316. The molecule has 0 fully saturated rings. The molecule has 5 nitrogen and oxygen atoms in total. The van der Waals surface area contributed by atoms with Crippen LogP contribution in [0.3, 0.4) is 0 Å². The molecule has 0 spiro atoms. The summed E-state index contributed by atoms with van der Waals surface area (Å²) >= 11 is 0. The Bertz CT molecular complexity index is 632. The van der Waals surface area contributed by atoms with Crippen molar-refractivity contribution in [3.63, 3.8) is 0 Å². The highest BCUT2D eigenvalue weighted by Gasteiger charge is 2.13. The van der Waals surface area contributed by atoms with Crippen LogP contribution in [0.1, 0.15) is 23.6 Å². The van der Waals surface area contributed by atoms with Gasteiger partial charge >= 0.3 is 6.03 Å². The zero-order valence-corrected chi connectivity index (χ0v) is 13.9. The van der Waals surface area contributed by atoms with E-state index in [-0.39, 0.29) is 18.7 Å². The molecule has 0 aromatic heterocycles. The number of aliphatic hydroxyl groups excluding tert-OH is 1. The van der Waals surface area contributed by atoms with Gasteiger partial charge in [-0.25, -0.2) is 4.79 Å². The fourth-order valence-corrected chi connectivity index (χ4v) is 2.39. The molecule has 2 rings (SSSR count). The normalized spacial score (nSPS) is 11.6. The van der Waals surface area contributed by atoms with Crippen LogP contribution in [0.5, 0.6) is 5.75 Å². The van der Waals surface area contributed by atoms with E-state index in [1.807, 2.05) is 61.5 Å². The molecule has 0 saturated carbocycles. The quantitative estimate of drug-likeness (QED) is 0.653. The summed E-state index contributed by atoms with van der Waals surface area (Å²) < 4.78 is 5.64. The highest BCUT2D eigenvalue weighted by Crippen LogP contribution is 2.16. The average molecular weight is 328 g/mol. The lowest BCUT2D eigenvalue weighted by Gasteiger charge is -2.19. The van der Waals surface area contributed by atoms with Crippen molar-refractivity contribution in [1.29, 1.82) is 0 Å². The van der Waals surface area contributed by atoms with Crippen molar-refractivity contribution >= 4 is 6.03 Å². The Balaban J connectivity index is 1.76. The second kappa shape index (κ2) is 9.57. The van der Waals surface area contributed by atoms with Crippen LogP contribution in [0.15, 0.2) is 54.6 Å². The zero-order valence-electron chi connectivity index (χ0n) is 13.9. The van der Waals surface area contributed by atoms with Gasteiger partial charge in [0.05, 0.1) is 12.6 Å². The molecule has 2 aromatic rings. The number of hydrogen-bond acceptors (Lipinski definition) is 3. The van der Waals surface area contributed by atoms with E-state index < -0.39 is 0 Å². The number of urea groups is 1. The predicted molar refractivity (Wildman–Crippen MR) is 94.1 cm³/mol. The number of para-hydroxylation sites is 1. The summed E-state index contributed by atoms with van der Waals surface area (Å²) in [5.41, 5.74) is 2.03. The Morgan fingerprint density at radius 1 is 1.12 bits per heavy atom. The monoisotopic (exact) mass is 328 g/mol. The zero-order chi connectivity index (χ0) is 17.2. The molecule has 0 aliphatic heterocycles. The maximum atomic E-state index is 12.0. The topological polar surface area (TPSA) is 70.6 Å². The first-order valence-corrected chi connectivity index (χ1v) is 8.09. The first-order chi connectivity index (χ1) is 11.7. The third-order valence-corrected chi connectivity index (χ3v) is 3.66. The molecule has 2 amide bonds. The maximum absolute atomic E-state index is 12.0. The number of hydrogen-bond donors (Lipinski definition) is 3. The molecule has 24 heavy (non-hydrogen) atoms. The van der Waals surface area contributed by atoms with E-state index in [9.17, 15) is 9.90 Å². The molecule has 1 atom stereocenters. The lowest BCUT2D eigenvalue weighted by molar-refractivity contribution is 0.225. The largest absolute Gasteiger partial charge is 0.491 e. The number of aliphatic hydroxyl groups is 1. The molecule has 0 saturated heterocycles. The van der Waals surface area contributed by atoms with Gasteiger partial charge in [-0.3, -0.25) is 0 Å². The predicted octanol–water partition coefficient (Wildman–Crippen LogP) is 2.80. The van der Waals surface area contributed by atoms with Gasteiger partial charge in [-0.2, -0.15) is 0 Å². The molecule has 0 aliphatic rings. The molecule has 0 heterocycles.